The SMILES string of the molecule is O=C(CNC(=O)NC[C@@H]1CCN(CC(F)(F)F)C1)Nc1cccc(F)c1. The molecule has 0 aromatic heterocycles. The van der Waals surface area contributed by atoms with E-state index in [0.717, 1.165) is 6.07 Å². The van der Waals surface area contributed by atoms with Gasteiger partial charge in [0.15, 0.2) is 0 Å². The van der Waals surface area contributed by atoms with E-state index in [2.05, 4.69) is 16.0 Å². The molecule has 6 nitrogen and oxygen atoms in total. The number of amides is 3. The molecular formula is C16H20F4N4O2. The second kappa shape index (κ2) is 8.84. The Bertz CT molecular complexity index is 639. The Hall–Kier alpha value is -2.36. The summed E-state index contributed by atoms with van der Waals surface area (Å²) >= 11 is 0. The molecule has 1 aliphatic rings. The molecular weight excluding hydrogens is 356 g/mol. The fourth-order valence-corrected chi connectivity index (χ4v) is 2.71. The maximum Gasteiger partial charge on any atom is 0.401 e. The summed E-state index contributed by atoms with van der Waals surface area (Å²) in [4.78, 5) is 24.6. The molecule has 1 atom stereocenters. The van der Waals surface area contributed by atoms with Gasteiger partial charge in [0.1, 0.15) is 5.82 Å². The molecule has 1 aromatic carbocycles. The highest BCUT2D eigenvalue weighted by Crippen LogP contribution is 2.22. The molecule has 1 aliphatic heterocycles. The van der Waals surface area contributed by atoms with Gasteiger partial charge in [-0.3, -0.25) is 9.69 Å². The van der Waals surface area contributed by atoms with Gasteiger partial charge < -0.3 is 16.0 Å². The second-order valence-electron chi connectivity index (χ2n) is 6.13. The fourth-order valence-electron chi connectivity index (χ4n) is 2.71. The molecule has 0 bridgehead atoms. The topological polar surface area (TPSA) is 73.5 Å². The van der Waals surface area contributed by atoms with Crippen LogP contribution in [0.3, 0.4) is 0 Å². The zero-order valence-corrected chi connectivity index (χ0v) is 13.9. The third kappa shape index (κ3) is 7.26. The van der Waals surface area contributed by atoms with Gasteiger partial charge in [-0.1, -0.05) is 6.07 Å². The lowest BCUT2D eigenvalue weighted by molar-refractivity contribution is -0.143. The van der Waals surface area contributed by atoms with Gasteiger partial charge in [0, 0.05) is 18.8 Å². The highest BCUT2D eigenvalue weighted by Gasteiger charge is 2.34. The van der Waals surface area contributed by atoms with Gasteiger partial charge in [-0.15, -0.1) is 0 Å². The average Bonchev–Trinajstić information content (AvgIpc) is 2.96. The Balaban J connectivity index is 1.62. The van der Waals surface area contributed by atoms with Crippen molar-refractivity contribution in [1.29, 1.82) is 0 Å². The second-order valence-corrected chi connectivity index (χ2v) is 6.13. The summed E-state index contributed by atoms with van der Waals surface area (Å²) in [7, 11) is 0. The third-order valence-electron chi connectivity index (χ3n) is 3.84. The molecule has 0 radical (unpaired) electrons. The molecule has 1 saturated heterocycles. The van der Waals surface area contributed by atoms with Crippen LogP contribution in [-0.4, -0.2) is 55.7 Å². The van der Waals surface area contributed by atoms with Crippen LogP contribution in [0.2, 0.25) is 0 Å². The van der Waals surface area contributed by atoms with E-state index < -0.39 is 30.5 Å². The number of likely N-dealkylation sites (tertiary alicyclic amines) is 1. The summed E-state index contributed by atoms with van der Waals surface area (Å²) in [6.07, 6.45) is -3.66. The van der Waals surface area contributed by atoms with E-state index >= 15 is 0 Å². The van der Waals surface area contributed by atoms with E-state index in [1.807, 2.05) is 0 Å². The summed E-state index contributed by atoms with van der Waals surface area (Å²) in [6, 6.07) is 4.74. The van der Waals surface area contributed by atoms with Crippen molar-refractivity contribution in [3.8, 4) is 0 Å². The van der Waals surface area contributed by atoms with Crippen molar-refractivity contribution in [2.75, 3.05) is 38.0 Å². The highest BCUT2D eigenvalue weighted by molar-refractivity contribution is 5.94. The van der Waals surface area contributed by atoms with Crippen molar-refractivity contribution in [1.82, 2.24) is 15.5 Å². The van der Waals surface area contributed by atoms with Crippen LogP contribution >= 0.6 is 0 Å². The molecule has 0 unspecified atom stereocenters. The summed E-state index contributed by atoms with van der Waals surface area (Å²) < 4.78 is 50.0. The Morgan fingerprint density at radius 3 is 2.69 bits per heavy atom. The van der Waals surface area contributed by atoms with E-state index in [1.54, 1.807) is 0 Å². The quantitative estimate of drug-likeness (QED) is 0.665. The summed E-state index contributed by atoms with van der Waals surface area (Å²) in [5, 5.41) is 7.31. The smallest absolute Gasteiger partial charge is 0.338 e. The van der Waals surface area contributed by atoms with Gasteiger partial charge in [-0.2, -0.15) is 13.2 Å². The number of halogens is 4. The summed E-state index contributed by atoms with van der Waals surface area (Å²) in [5.74, 6) is -1.09. The monoisotopic (exact) mass is 376 g/mol. The lowest BCUT2D eigenvalue weighted by Gasteiger charge is -2.18. The summed E-state index contributed by atoms with van der Waals surface area (Å²) in [5.41, 5.74) is 0.271. The Morgan fingerprint density at radius 1 is 1.23 bits per heavy atom. The zero-order valence-electron chi connectivity index (χ0n) is 13.9. The molecule has 3 amide bonds. The number of urea groups is 1. The molecule has 1 fully saturated rings. The molecule has 2 rings (SSSR count). The lowest BCUT2D eigenvalue weighted by atomic mass is 10.1. The highest BCUT2D eigenvalue weighted by atomic mass is 19.4. The molecule has 144 valence electrons. The van der Waals surface area contributed by atoms with Gasteiger partial charge in [0.05, 0.1) is 13.1 Å². The zero-order chi connectivity index (χ0) is 19.2. The number of carbonyl (C=O) groups is 2. The molecule has 10 heteroatoms. The van der Waals surface area contributed by atoms with E-state index in [4.69, 9.17) is 0 Å². The number of rotatable bonds is 6. The average molecular weight is 376 g/mol. The molecule has 0 saturated carbocycles. The molecule has 26 heavy (non-hydrogen) atoms. The van der Waals surface area contributed by atoms with Gasteiger partial charge >= 0.3 is 12.2 Å². The molecule has 0 spiro atoms. The van der Waals surface area contributed by atoms with E-state index in [9.17, 15) is 27.2 Å². The van der Waals surface area contributed by atoms with Gasteiger partial charge in [-0.25, -0.2) is 9.18 Å². The maximum absolute atomic E-state index is 13.0. The first-order valence-electron chi connectivity index (χ1n) is 8.07. The van der Waals surface area contributed by atoms with Gasteiger partial charge in [0.2, 0.25) is 5.91 Å². The first-order chi connectivity index (χ1) is 12.2. The normalized spacial score (nSPS) is 17.8. The molecule has 3 N–H and O–H groups in total. The standard InChI is InChI=1S/C16H20F4N4O2/c17-12-2-1-3-13(6-12)23-14(25)8-22-15(26)21-7-11-4-5-24(9-11)10-16(18,19)20/h1-3,6,11H,4-5,7-10H2,(H,23,25)(H2,21,22,26)/t11-/m0/s1. The predicted molar refractivity (Wildman–Crippen MR) is 87.0 cm³/mol. The number of benzene rings is 1. The number of hydrogen-bond acceptors (Lipinski definition) is 3. The molecule has 1 heterocycles. The van der Waals surface area contributed by atoms with Crippen molar-refractivity contribution >= 4 is 17.6 Å². The molecule has 1 aromatic rings. The number of anilines is 1. The van der Waals surface area contributed by atoms with E-state index in [0.29, 0.717) is 13.0 Å². The van der Waals surface area contributed by atoms with Gasteiger partial charge in [0.25, 0.3) is 0 Å². The minimum absolute atomic E-state index is 0.0655. The number of carbonyl (C=O) groups excluding carboxylic acids is 2. The van der Waals surface area contributed by atoms with Crippen molar-refractivity contribution in [2.24, 2.45) is 5.92 Å². The minimum atomic E-state index is -4.23. The van der Waals surface area contributed by atoms with E-state index in [1.165, 1.54) is 23.1 Å². The van der Waals surface area contributed by atoms with Crippen molar-refractivity contribution < 1.29 is 27.2 Å². The van der Waals surface area contributed by atoms with Crippen LogP contribution in [0.25, 0.3) is 0 Å². The van der Waals surface area contributed by atoms with Crippen molar-refractivity contribution in [3.05, 3.63) is 30.1 Å². The largest absolute Gasteiger partial charge is 0.401 e. The first kappa shape index (κ1) is 20.0. The fraction of sp³-hybridized carbons (Fsp3) is 0.500. The number of hydrogen-bond donors (Lipinski definition) is 3. The Kier molecular flexibility index (Phi) is 6.78. The van der Waals surface area contributed by atoms with Gasteiger partial charge in [-0.05, 0) is 37.1 Å². The summed E-state index contributed by atoms with van der Waals surface area (Å²) in [6.45, 7) is -0.432. The first-order valence-corrected chi connectivity index (χ1v) is 8.07. The van der Waals surface area contributed by atoms with Crippen molar-refractivity contribution in [3.63, 3.8) is 0 Å². The van der Waals surface area contributed by atoms with Crippen LogP contribution in [0.15, 0.2) is 24.3 Å². The van der Waals surface area contributed by atoms with E-state index in [-0.39, 0.29) is 31.2 Å². The number of nitrogens with one attached hydrogen (secondary N) is 3. The Morgan fingerprint density at radius 2 is 2.00 bits per heavy atom. The maximum atomic E-state index is 13.0. The third-order valence-corrected chi connectivity index (χ3v) is 3.84. The van der Waals surface area contributed by atoms with Crippen LogP contribution in [0, 0.1) is 11.7 Å². The number of alkyl halides is 3. The number of nitrogens with zero attached hydrogens (tertiary/aromatic N) is 1. The Labute approximate surface area is 147 Å². The van der Waals surface area contributed by atoms with Crippen LogP contribution in [0.4, 0.5) is 28.0 Å². The molecule has 0 aliphatic carbocycles. The van der Waals surface area contributed by atoms with Crippen molar-refractivity contribution in [2.45, 2.75) is 12.6 Å². The van der Waals surface area contributed by atoms with Crippen LogP contribution < -0.4 is 16.0 Å². The minimum Gasteiger partial charge on any atom is -0.338 e. The van der Waals surface area contributed by atoms with Crippen LogP contribution in [0.5, 0.6) is 0 Å². The van der Waals surface area contributed by atoms with Crippen LogP contribution in [0.1, 0.15) is 6.42 Å². The van der Waals surface area contributed by atoms with Crippen LogP contribution in [-0.2, 0) is 4.79 Å². The lowest BCUT2D eigenvalue weighted by Crippen LogP contribution is -2.42. The predicted octanol–water partition coefficient (Wildman–Crippen LogP) is 1.95.